The maximum atomic E-state index is 12.3. The molecule has 0 aliphatic carbocycles. The van der Waals surface area contributed by atoms with Crippen LogP contribution in [0.5, 0.6) is 0 Å². The third kappa shape index (κ3) is 3.98. The van der Waals surface area contributed by atoms with Crippen LogP contribution in [0, 0.1) is 0 Å². The SMILES string of the molecule is CNS(=O)(=O)CC(=O)N1C[C@@H](c2ccccc2Cl)OC[C@H]1C. The summed E-state index contributed by atoms with van der Waals surface area (Å²) in [5, 5.41) is 0.567. The number of nitrogens with one attached hydrogen (secondary N) is 1. The van der Waals surface area contributed by atoms with Gasteiger partial charge in [-0.1, -0.05) is 29.8 Å². The van der Waals surface area contributed by atoms with Crippen molar-refractivity contribution in [2.24, 2.45) is 0 Å². The molecule has 1 fully saturated rings. The number of morpholine rings is 1. The molecule has 0 aromatic heterocycles. The van der Waals surface area contributed by atoms with E-state index in [1.165, 1.54) is 11.9 Å². The molecular formula is C14H19ClN2O4S. The minimum Gasteiger partial charge on any atom is -0.369 e. The van der Waals surface area contributed by atoms with E-state index in [0.29, 0.717) is 11.6 Å². The Kier molecular flexibility index (Phi) is 5.44. The molecule has 0 bridgehead atoms. The second-order valence-electron chi connectivity index (χ2n) is 5.20. The van der Waals surface area contributed by atoms with E-state index >= 15 is 0 Å². The molecule has 0 saturated carbocycles. The highest BCUT2D eigenvalue weighted by atomic mass is 35.5. The van der Waals surface area contributed by atoms with Gasteiger partial charge in [-0.05, 0) is 20.0 Å². The largest absolute Gasteiger partial charge is 0.369 e. The summed E-state index contributed by atoms with van der Waals surface area (Å²) in [6.45, 7) is 2.44. The number of rotatable bonds is 4. The van der Waals surface area contributed by atoms with Gasteiger partial charge in [0, 0.05) is 10.6 Å². The first kappa shape index (κ1) is 17.2. The normalized spacial score (nSPS) is 22.6. The predicted octanol–water partition coefficient (Wildman–Crippen LogP) is 1.18. The van der Waals surface area contributed by atoms with Gasteiger partial charge in [0.25, 0.3) is 0 Å². The molecule has 8 heteroatoms. The van der Waals surface area contributed by atoms with E-state index in [2.05, 4.69) is 4.72 Å². The number of benzene rings is 1. The summed E-state index contributed by atoms with van der Waals surface area (Å²) in [6, 6.07) is 7.09. The van der Waals surface area contributed by atoms with Crippen molar-refractivity contribution < 1.29 is 17.9 Å². The first-order valence-corrected chi connectivity index (χ1v) is 8.94. The molecule has 1 aromatic carbocycles. The van der Waals surface area contributed by atoms with Crippen molar-refractivity contribution in [2.75, 3.05) is 26.0 Å². The van der Waals surface area contributed by atoms with Crippen LogP contribution in [0.25, 0.3) is 0 Å². The van der Waals surface area contributed by atoms with Gasteiger partial charge in [0.1, 0.15) is 11.9 Å². The van der Waals surface area contributed by atoms with Crippen molar-refractivity contribution in [2.45, 2.75) is 19.1 Å². The van der Waals surface area contributed by atoms with Crippen LogP contribution in [0.2, 0.25) is 5.02 Å². The Balaban J connectivity index is 2.15. The number of halogens is 1. The fourth-order valence-corrected chi connectivity index (χ4v) is 3.24. The van der Waals surface area contributed by atoms with Crippen molar-refractivity contribution in [3.05, 3.63) is 34.9 Å². The molecule has 1 aliphatic heterocycles. The molecule has 0 spiro atoms. The molecule has 0 unspecified atom stereocenters. The molecule has 22 heavy (non-hydrogen) atoms. The van der Waals surface area contributed by atoms with Crippen molar-refractivity contribution >= 4 is 27.5 Å². The average molecular weight is 347 g/mol. The predicted molar refractivity (Wildman–Crippen MR) is 84.2 cm³/mol. The molecule has 6 nitrogen and oxygen atoms in total. The Bertz CT molecular complexity index is 650. The van der Waals surface area contributed by atoms with Gasteiger partial charge < -0.3 is 9.64 Å². The minimum atomic E-state index is -3.59. The summed E-state index contributed by atoms with van der Waals surface area (Å²) in [6.07, 6.45) is -0.355. The summed E-state index contributed by atoms with van der Waals surface area (Å²) >= 11 is 6.16. The molecule has 1 saturated heterocycles. The van der Waals surface area contributed by atoms with E-state index in [1.807, 2.05) is 25.1 Å². The molecule has 2 rings (SSSR count). The van der Waals surface area contributed by atoms with Crippen LogP contribution in [0.15, 0.2) is 24.3 Å². The van der Waals surface area contributed by atoms with Gasteiger partial charge in [-0.3, -0.25) is 4.79 Å². The Labute approximate surface area is 135 Å². The van der Waals surface area contributed by atoms with Gasteiger partial charge in [0.05, 0.1) is 19.2 Å². The number of hydrogen-bond donors (Lipinski definition) is 1. The van der Waals surface area contributed by atoms with E-state index in [1.54, 1.807) is 6.07 Å². The van der Waals surface area contributed by atoms with Gasteiger partial charge >= 0.3 is 0 Å². The van der Waals surface area contributed by atoms with Gasteiger partial charge in [0.15, 0.2) is 0 Å². The zero-order valence-corrected chi connectivity index (χ0v) is 14.0. The molecule has 1 N–H and O–H groups in total. The number of sulfonamides is 1. The van der Waals surface area contributed by atoms with Gasteiger partial charge in [-0.25, -0.2) is 13.1 Å². The van der Waals surface area contributed by atoms with Crippen LogP contribution >= 0.6 is 11.6 Å². The smallest absolute Gasteiger partial charge is 0.239 e. The lowest BCUT2D eigenvalue weighted by atomic mass is 10.1. The molecule has 0 radical (unpaired) electrons. The summed E-state index contributed by atoms with van der Waals surface area (Å²) in [4.78, 5) is 13.8. The Morgan fingerprint density at radius 2 is 2.14 bits per heavy atom. The van der Waals surface area contributed by atoms with Gasteiger partial charge in [-0.2, -0.15) is 0 Å². The lowest BCUT2D eigenvalue weighted by Crippen LogP contribution is -2.50. The monoisotopic (exact) mass is 346 g/mol. The lowest BCUT2D eigenvalue weighted by molar-refractivity contribution is -0.141. The van der Waals surface area contributed by atoms with Crippen LogP contribution < -0.4 is 4.72 Å². The van der Waals surface area contributed by atoms with Crippen LogP contribution in [0.4, 0.5) is 0 Å². The third-order valence-corrected chi connectivity index (χ3v) is 5.22. The fourth-order valence-electron chi connectivity index (χ4n) is 2.35. The van der Waals surface area contributed by atoms with Gasteiger partial charge in [0.2, 0.25) is 15.9 Å². The van der Waals surface area contributed by atoms with Crippen LogP contribution in [-0.2, 0) is 19.6 Å². The highest BCUT2D eigenvalue weighted by molar-refractivity contribution is 7.90. The fraction of sp³-hybridized carbons (Fsp3) is 0.500. The van der Waals surface area contributed by atoms with Crippen molar-refractivity contribution in [3.8, 4) is 0 Å². The second-order valence-corrected chi connectivity index (χ2v) is 7.54. The van der Waals surface area contributed by atoms with Crippen molar-refractivity contribution in [3.63, 3.8) is 0 Å². The second kappa shape index (κ2) is 6.95. The molecule has 1 amide bonds. The van der Waals surface area contributed by atoms with Crippen molar-refractivity contribution in [1.82, 2.24) is 9.62 Å². The lowest BCUT2D eigenvalue weighted by Gasteiger charge is -2.38. The molecule has 2 atom stereocenters. The average Bonchev–Trinajstić information content (AvgIpc) is 2.48. The van der Waals surface area contributed by atoms with Crippen LogP contribution in [0.1, 0.15) is 18.6 Å². The minimum absolute atomic E-state index is 0.182. The molecular weight excluding hydrogens is 328 g/mol. The summed E-state index contributed by atoms with van der Waals surface area (Å²) in [5.74, 6) is -1.01. The number of nitrogens with zero attached hydrogens (tertiary/aromatic N) is 1. The summed E-state index contributed by atoms with van der Waals surface area (Å²) in [7, 11) is -2.30. The van der Waals surface area contributed by atoms with Crippen molar-refractivity contribution in [1.29, 1.82) is 0 Å². The number of carbonyl (C=O) groups excluding carboxylic acids is 1. The Morgan fingerprint density at radius 3 is 2.77 bits per heavy atom. The Morgan fingerprint density at radius 1 is 1.45 bits per heavy atom. The van der Waals surface area contributed by atoms with E-state index in [9.17, 15) is 13.2 Å². The van der Waals surface area contributed by atoms with Gasteiger partial charge in [-0.15, -0.1) is 0 Å². The zero-order chi connectivity index (χ0) is 16.3. The molecule has 122 valence electrons. The highest BCUT2D eigenvalue weighted by Crippen LogP contribution is 2.29. The first-order chi connectivity index (χ1) is 10.3. The number of hydrogen-bond acceptors (Lipinski definition) is 4. The van der Waals surface area contributed by atoms with Crippen LogP contribution in [0.3, 0.4) is 0 Å². The number of ether oxygens (including phenoxy) is 1. The zero-order valence-electron chi connectivity index (χ0n) is 12.5. The molecule has 1 aliphatic rings. The first-order valence-electron chi connectivity index (χ1n) is 6.91. The third-order valence-electron chi connectivity index (χ3n) is 3.63. The molecule has 1 aromatic rings. The van der Waals surface area contributed by atoms with E-state index < -0.39 is 21.7 Å². The van der Waals surface area contributed by atoms with E-state index in [4.69, 9.17) is 16.3 Å². The quantitative estimate of drug-likeness (QED) is 0.888. The Hall–Kier alpha value is -1.15. The maximum absolute atomic E-state index is 12.3. The highest BCUT2D eigenvalue weighted by Gasteiger charge is 2.32. The maximum Gasteiger partial charge on any atom is 0.239 e. The van der Waals surface area contributed by atoms with E-state index in [-0.39, 0.29) is 18.7 Å². The van der Waals surface area contributed by atoms with E-state index in [0.717, 1.165) is 5.56 Å². The standard InChI is InChI=1S/C14H19ClN2O4S/c1-10-8-21-13(11-5-3-4-6-12(11)15)7-17(10)14(18)9-22(19,20)16-2/h3-6,10,13,16H,7-9H2,1-2H3/t10-,13+/m1/s1. The number of amides is 1. The van der Waals surface area contributed by atoms with Crippen LogP contribution in [-0.4, -0.2) is 51.2 Å². The summed E-state index contributed by atoms with van der Waals surface area (Å²) < 4.78 is 31.0. The topological polar surface area (TPSA) is 75.7 Å². The summed E-state index contributed by atoms with van der Waals surface area (Å²) in [5.41, 5.74) is 0.797. The molecule has 1 heterocycles. The number of carbonyl (C=O) groups is 1.